The van der Waals surface area contributed by atoms with E-state index in [-0.39, 0.29) is 12.0 Å². The molecular formula is C36H60N2O8. The average Bonchev–Trinajstić information content (AvgIpc) is 3.07. The van der Waals surface area contributed by atoms with Gasteiger partial charge in [-0.25, -0.2) is 4.79 Å². The van der Waals surface area contributed by atoms with Gasteiger partial charge >= 0.3 is 6.16 Å². The Morgan fingerprint density at radius 3 is 2.63 bits per heavy atom. The molecule has 0 aromatic heterocycles. The molecule has 0 amide bonds. The largest absolute Gasteiger partial charge is 0.508 e. The third kappa shape index (κ3) is 11.7. The summed E-state index contributed by atoms with van der Waals surface area (Å²) in [5.74, 6) is 0.695. The molecule has 2 aliphatic heterocycles. The van der Waals surface area contributed by atoms with Crippen LogP contribution >= 0.6 is 0 Å². The third-order valence-electron chi connectivity index (χ3n) is 9.48. The Morgan fingerprint density at radius 1 is 1.04 bits per heavy atom. The van der Waals surface area contributed by atoms with Gasteiger partial charge in [0, 0.05) is 71.0 Å². The molecule has 0 spiro atoms. The van der Waals surface area contributed by atoms with E-state index in [1.165, 1.54) is 0 Å². The summed E-state index contributed by atoms with van der Waals surface area (Å²) in [6.07, 6.45) is 5.21. The van der Waals surface area contributed by atoms with E-state index in [4.69, 9.17) is 33.2 Å². The van der Waals surface area contributed by atoms with Gasteiger partial charge < -0.3 is 38.5 Å². The summed E-state index contributed by atoms with van der Waals surface area (Å²) >= 11 is 0. The van der Waals surface area contributed by atoms with Crippen molar-refractivity contribution in [2.75, 3.05) is 79.5 Å². The zero-order chi connectivity index (χ0) is 32.6. The number of benzene rings is 1. The number of nitrogens with one attached hydrogen (secondary N) is 1. The molecule has 10 heteroatoms. The molecule has 10 nitrogen and oxygen atoms in total. The predicted molar refractivity (Wildman–Crippen MR) is 177 cm³/mol. The van der Waals surface area contributed by atoms with Crippen LogP contribution in [0.2, 0.25) is 0 Å². The summed E-state index contributed by atoms with van der Waals surface area (Å²) < 4.78 is 41.0. The molecular weight excluding hydrogens is 588 g/mol. The highest BCUT2D eigenvalue weighted by Crippen LogP contribution is 2.35. The van der Waals surface area contributed by atoms with Crippen molar-refractivity contribution in [3.05, 3.63) is 35.4 Å². The van der Waals surface area contributed by atoms with E-state index in [9.17, 15) is 4.79 Å². The van der Waals surface area contributed by atoms with Crippen molar-refractivity contribution in [2.45, 2.75) is 96.2 Å². The number of fused-ring (bicyclic) bond motifs is 1. The normalized spacial score (nSPS) is 27.6. The molecule has 4 rings (SSSR count). The maximum absolute atomic E-state index is 12.7. The number of morpholine rings is 1. The zero-order valence-electron chi connectivity index (χ0n) is 28.8. The third-order valence-corrected chi connectivity index (χ3v) is 9.48. The van der Waals surface area contributed by atoms with Gasteiger partial charge in [-0.3, -0.25) is 4.90 Å². The first kappa shape index (κ1) is 37.0. The molecule has 1 aromatic carbocycles. The fraction of sp³-hybridized carbons (Fsp3) is 0.806. The number of hydrogen-bond donors (Lipinski definition) is 1. The van der Waals surface area contributed by atoms with Crippen molar-refractivity contribution in [1.29, 1.82) is 0 Å². The summed E-state index contributed by atoms with van der Waals surface area (Å²) in [7, 11) is 1.77. The van der Waals surface area contributed by atoms with Crippen molar-refractivity contribution in [2.24, 2.45) is 11.8 Å². The van der Waals surface area contributed by atoms with Gasteiger partial charge in [0.25, 0.3) is 0 Å². The van der Waals surface area contributed by atoms with Crippen molar-refractivity contribution >= 4 is 6.16 Å². The first-order valence-corrected chi connectivity index (χ1v) is 17.8. The minimum Gasteiger partial charge on any atom is -0.434 e. The molecule has 1 N–H and O–H groups in total. The van der Waals surface area contributed by atoms with Gasteiger partial charge in [-0.15, -0.1) is 0 Å². The highest BCUT2D eigenvalue weighted by Gasteiger charge is 2.41. The number of hydrogen-bond acceptors (Lipinski definition) is 10. The average molecular weight is 649 g/mol. The van der Waals surface area contributed by atoms with Crippen LogP contribution in [0.15, 0.2) is 24.3 Å². The molecule has 7 atom stereocenters. The van der Waals surface area contributed by atoms with E-state index >= 15 is 0 Å². The molecule has 262 valence electrons. The number of piperidine rings is 1. The summed E-state index contributed by atoms with van der Waals surface area (Å²) in [5, 5.41) is 3.46. The number of nitrogens with zero attached hydrogens (tertiary/aromatic N) is 1. The standard InChI is InChI=1S/C36H60N2O8/c1-5-7-18-44-36(39)46-34-22-37-21-33(35(34)30-12-9-28(10-13-30)25-42-24-27(3)23-41-6-2)45-26-29-11-14-32-31(20-29)38(16-19-43-32)15-8-17-40-4/h9-10,12-13,27,29,31-35,37H,5-8,11,14-26H2,1-4H3. The maximum Gasteiger partial charge on any atom is 0.508 e. The van der Waals surface area contributed by atoms with Crippen molar-refractivity contribution in [3.63, 3.8) is 0 Å². The van der Waals surface area contributed by atoms with Crippen LogP contribution in [0.4, 0.5) is 4.79 Å². The fourth-order valence-corrected chi connectivity index (χ4v) is 6.98. The SMILES string of the molecule is CCCCOC(=O)OC1CNCC(OCC2CCC3OCCN(CCCOC)C3C2)C1c1ccc(COCC(C)COCC)cc1. The van der Waals surface area contributed by atoms with Gasteiger partial charge in [0.2, 0.25) is 0 Å². The summed E-state index contributed by atoms with van der Waals surface area (Å²) in [6.45, 7) is 14.8. The number of methoxy groups -OCH3 is 1. The first-order valence-electron chi connectivity index (χ1n) is 17.8. The quantitative estimate of drug-likeness (QED) is 0.160. The second kappa shape index (κ2) is 20.5. The van der Waals surface area contributed by atoms with Crippen LogP contribution in [-0.4, -0.2) is 115 Å². The van der Waals surface area contributed by atoms with Gasteiger partial charge in [0.1, 0.15) is 6.10 Å². The molecule has 2 saturated heterocycles. The molecule has 0 radical (unpaired) electrons. The molecule has 2 heterocycles. The molecule has 3 aliphatic rings. The molecule has 1 saturated carbocycles. The van der Waals surface area contributed by atoms with Crippen LogP contribution in [-0.2, 0) is 39.8 Å². The minimum absolute atomic E-state index is 0.110. The Morgan fingerprint density at radius 2 is 1.85 bits per heavy atom. The van der Waals surface area contributed by atoms with Crippen LogP contribution < -0.4 is 5.32 Å². The Kier molecular flexibility index (Phi) is 16.5. The van der Waals surface area contributed by atoms with Crippen LogP contribution in [0, 0.1) is 11.8 Å². The van der Waals surface area contributed by atoms with Gasteiger partial charge in [0.05, 0.1) is 45.2 Å². The van der Waals surface area contributed by atoms with Gasteiger partial charge in [-0.2, -0.15) is 0 Å². The Bertz CT molecular complexity index is 981. The number of carbonyl (C=O) groups is 1. The topological polar surface area (TPSA) is 97.0 Å². The van der Waals surface area contributed by atoms with Crippen molar-refractivity contribution in [1.82, 2.24) is 10.2 Å². The highest BCUT2D eigenvalue weighted by atomic mass is 16.7. The molecule has 7 unspecified atom stereocenters. The van der Waals surface area contributed by atoms with Crippen molar-refractivity contribution < 1.29 is 38.0 Å². The van der Waals surface area contributed by atoms with Crippen LogP contribution in [0.25, 0.3) is 0 Å². The Hall–Kier alpha value is -1.79. The molecule has 3 fully saturated rings. The first-order chi connectivity index (χ1) is 22.5. The van der Waals surface area contributed by atoms with Crippen LogP contribution in [0.1, 0.15) is 76.3 Å². The highest BCUT2D eigenvalue weighted by molar-refractivity contribution is 5.60. The zero-order valence-corrected chi connectivity index (χ0v) is 28.8. The smallest absolute Gasteiger partial charge is 0.434 e. The van der Waals surface area contributed by atoms with Crippen LogP contribution in [0.3, 0.4) is 0 Å². The Labute approximate surface area is 277 Å². The lowest BCUT2D eigenvalue weighted by atomic mass is 9.82. The van der Waals surface area contributed by atoms with E-state index in [1.807, 2.05) is 6.92 Å². The van der Waals surface area contributed by atoms with E-state index in [1.54, 1.807) is 7.11 Å². The van der Waals surface area contributed by atoms with Gasteiger partial charge in [-0.1, -0.05) is 44.5 Å². The van der Waals surface area contributed by atoms with E-state index in [2.05, 4.69) is 48.3 Å². The second-order valence-corrected chi connectivity index (χ2v) is 13.2. The predicted octanol–water partition coefficient (Wildman–Crippen LogP) is 5.18. The van der Waals surface area contributed by atoms with Crippen molar-refractivity contribution in [3.8, 4) is 0 Å². The van der Waals surface area contributed by atoms with E-state index in [0.717, 1.165) is 82.6 Å². The molecule has 1 aromatic rings. The second-order valence-electron chi connectivity index (χ2n) is 13.2. The fourth-order valence-electron chi connectivity index (χ4n) is 6.98. The summed E-state index contributed by atoms with van der Waals surface area (Å²) in [4.78, 5) is 15.3. The summed E-state index contributed by atoms with van der Waals surface area (Å²) in [5.41, 5.74) is 2.21. The van der Waals surface area contributed by atoms with Gasteiger partial charge in [0.15, 0.2) is 0 Å². The number of carbonyl (C=O) groups excluding carboxylic acids is 1. The lowest BCUT2D eigenvalue weighted by Crippen LogP contribution is -2.55. The maximum atomic E-state index is 12.7. The number of unbranched alkanes of at least 4 members (excludes halogenated alkanes) is 1. The number of rotatable bonds is 19. The van der Waals surface area contributed by atoms with Gasteiger partial charge in [-0.05, 0) is 56.1 Å². The lowest BCUT2D eigenvalue weighted by Gasteiger charge is -2.46. The summed E-state index contributed by atoms with van der Waals surface area (Å²) in [6, 6.07) is 8.92. The van der Waals surface area contributed by atoms with Crippen LogP contribution in [0.5, 0.6) is 0 Å². The monoisotopic (exact) mass is 648 g/mol. The minimum atomic E-state index is -0.610. The van der Waals surface area contributed by atoms with E-state index in [0.29, 0.717) is 70.1 Å². The number of ether oxygens (including phenoxy) is 7. The molecule has 46 heavy (non-hydrogen) atoms. The van der Waals surface area contributed by atoms with E-state index < -0.39 is 12.3 Å². The molecule has 1 aliphatic carbocycles. The molecule has 0 bridgehead atoms. The Balaban J connectivity index is 1.39. The lowest BCUT2D eigenvalue weighted by molar-refractivity contribution is -0.111.